The number of anilines is 1. The predicted molar refractivity (Wildman–Crippen MR) is 107 cm³/mol. The van der Waals surface area contributed by atoms with Gasteiger partial charge in [0.25, 0.3) is 0 Å². The molecule has 0 amide bonds. The summed E-state index contributed by atoms with van der Waals surface area (Å²) in [5.41, 5.74) is 9.64. The summed E-state index contributed by atoms with van der Waals surface area (Å²) in [5, 5.41) is 8.58. The number of ketones is 1. The minimum atomic E-state index is -0.166. The van der Waals surface area contributed by atoms with Crippen LogP contribution in [0.5, 0.6) is 0 Å². The molecular weight excluding hydrogens is 322 g/mol. The SMILES string of the molecule is C/C(=N/N=C(/C(=O)c1ccccc1)c1ccccc1)c1cccc(N)c1. The Hall–Kier alpha value is -3.53. The summed E-state index contributed by atoms with van der Waals surface area (Å²) in [6, 6.07) is 25.8. The molecule has 128 valence electrons. The number of nitrogens with zero attached hydrogens (tertiary/aromatic N) is 2. The molecule has 3 rings (SSSR count). The van der Waals surface area contributed by atoms with E-state index in [0.29, 0.717) is 22.7 Å². The van der Waals surface area contributed by atoms with E-state index in [9.17, 15) is 4.79 Å². The lowest BCUT2D eigenvalue weighted by molar-refractivity contribution is 0.106. The highest BCUT2D eigenvalue weighted by Crippen LogP contribution is 2.11. The van der Waals surface area contributed by atoms with Crippen LogP contribution in [0.15, 0.2) is 95.1 Å². The lowest BCUT2D eigenvalue weighted by Gasteiger charge is -2.05. The van der Waals surface area contributed by atoms with Crippen LogP contribution in [0.25, 0.3) is 0 Å². The van der Waals surface area contributed by atoms with Crippen LogP contribution < -0.4 is 5.73 Å². The highest BCUT2D eigenvalue weighted by molar-refractivity contribution is 6.51. The standard InChI is InChI=1S/C22H19N3O/c1-16(19-13-8-14-20(23)15-19)24-25-21(17-9-4-2-5-10-17)22(26)18-11-6-3-7-12-18/h2-15H,23H2,1H3/b24-16-,25-21+. The molecule has 3 aromatic carbocycles. The molecule has 0 aromatic heterocycles. The number of carbonyl (C=O) groups excluding carboxylic acids is 1. The molecule has 4 nitrogen and oxygen atoms in total. The molecule has 0 atom stereocenters. The quantitative estimate of drug-likeness (QED) is 0.324. The molecular formula is C22H19N3O. The number of hydrogen-bond acceptors (Lipinski definition) is 4. The first-order chi connectivity index (χ1) is 12.6. The van der Waals surface area contributed by atoms with Gasteiger partial charge in [0.2, 0.25) is 5.78 Å². The van der Waals surface area contributed by atoms with E-state index in [4.69, 9.17) is 5.73 Å². The van der Waals surface area contributed by atoms with Crippen molar-refractivity contribution in [3.8, 4) is 0 Å². The number of nitrogens with two attached hydrogens (primary N) is 1. The molecule has 3 aromatic rings. The number of Topliss-reactive ketones (excluding diaryl/α,β-unsaturated/α-hetero) is 1. The summed E-state index contributed by atoms with van der Waals surface area (Å²) in [6.45, 7) is 1.84. The zero-order valence-electron chi connectivity index (χ0n) is 14.5. The highest BCUT2D eigenvalue weighted by atomic mass is 16.1. The second kappa shape index (κ2) is 8.03. The van der Waals surface area contributed by atoms with E-state index in [-0.39, 0.29) is 5.78 Å². The largest absolute Gasteiger partial charge is 0.399 e. The number of rotatable bonds is 5. The molecule has 0 spiro atoms. The van der Waals surface area contributed by atoms with Crippen molar-refractivity contribution in [2.75, 3.05) is 5.73 Å². The first-order valence-corrected chi connectivity index (χ1v) is 8.28. The van der Waals surface area contributed by atoms with Crippen molar-refractivity contribution < 1.29 is 4.79 Å². The van der Waals surface area contributed by atoms with Crippen LogP contribution in [0, 0.1) is 0 Å². The molecule has 0 unspecified atom stereocenters. The van der Waals surface area contributed by atoms with Gasteiger partial charge in [-0.25, -0.2) is 0 Å². The van der Waals surface area contributed by atoms with E-state index in [1.807, 2.05) is 79.7 Å². The fourth-order valence-electron chi connectivity index (χ4n) is 2.50. The Morgan fingerprint density at radius 3 is 1.92 bits per heavy atom. The van der Waals surface area contributed by atoms with Crippen molar-refractivity contribution >= 4 is 22.9 Å². The summed E-state index contributed by atoms with van der Waals surface area (Å²) < 4.78 is 0. The highest BCUT2D eigenvalue weighted by Gasteiger charge is 2.16. The molecule has 0 aliphatic heterocycles. The Kier molecular flexibility index (Phi) is 5.34. The Bertz CT molecular complexity index is 961. The normalized spacial score (nSPS) is 12.0. The van der Waals surface area contributed by atoms with Gasteiger partial charge >= 0.3 is 0 Å². The van der Waals surface area contributed by atoms with Crippen molar-refractivity contribution in [2.24, 2.45) is 10.2 Å². The molecule has 0 radical (unpaired) electrons. The molecule has 0 bridgehead atoms. The smallest absolute Gasteiger partial charge is 0.213 e. The van der Waals surface area contributed by atoms with Gasteiger partial charge in [-0.15, -0.1) is 5.10 Å². The minimum absolute atomic E-state index is 0.166. The van der Waals surface area contributed by atoms with Crippen molar-refractivity contribution in [1.82, 2.24) is 0 Å². The van der Waals surface area contributed by atoms with Crippen LogP contribution in [0.2, 0.25) is 0 Å². The van der Waals surface area contributed by atoms with Gasteiger partial charge in [0.15, 0.2) is 0 Å². The van der Waals surface area contributed by atoms with Gasteiger partial charge in [-0.2, -0.15) is 5.10 Å². The minimum Gasteiger partial charge on any atom is -0.399 e. The summed E-state index contributed by atoms with van der Waals surface area (Å²) in [4.78, 5) is 12.9. The van der Waals surface area contributed by atoms with Gasteiger partial charge in [-0.05, 0) is 24.6 Å². The zero-order chi connectivity index (χ0) is 18.4. The molecule has 0 aliphatic rings. The third-order valence-corrected chi connectivity index (χ3v) is 3.90. The fraction of sp³-hybridized carbons (Fsp3) is 0.0455. The summed E-state index contributed by atoms with van der Waals surface area (Å²) in [5.74, 6) is -0.166. The summed E-state index contributed by atoms with van der Waals surface area (Å²) >= 11 is 0. The maximum Gasteiger partial charge on any atom is 0.213 e. The zero-order valence-corrected chi connectivity index (χ0v) is 14.5. The molecule has 0 saturated carbocycles. The van der Waals surface area contributed by atoms with Gasteiger partial charge < -0.3 is 5.73 Å². The number of nitrogen functional groups attached to an aromatic ring is 1. The number of hydrogen-bond donors (Lipinski definition) is 1. The third-order valence-electron chi connectivity index (χ3n) is 3.90. The Morgan fingerprint density at radius 1 is 0.731 bits per heavy atom. The first kappa shape index (κ1) is 17.3. The van der Waals surface area contributed by atoms with Crippen LogP contribution in [-0.4, -0.2) is 17.2 Å². The van der Waals surface area contributed by atoms with Gasteiger partial charge in [0, 0.05) is 16.8 Å². The predicted octanol–water partition coefficient (Wildman–Crippen LogP) is 4.37. The van der Waals surface area contributed by atoms with E-state index in [1.54, 1.807) is 12.1 Å². The summed E-state index contributed by atoms with van der Waals surface area (Å²) in [6.07, 6.45) is 0. The maximum atomic E-state index is 12.9. The molecule has 0 aliphatic carbocycles. The van der Waals surface area contributed by atoms with Crippen molar-refractivity contribution in [3.63, 3.8) is 0 Å². The van der Waals surface area contributed by atoms with Crippen molar-refractivity contribution in [3.05, 3.63) is 102 Å². The molecule has 26 heavy (non-hydrogen) atoms. The molecule has 0 saturated heterocycles. The van der Waals surface area contributed by atoms with Crippen LogP contribution in [0.4, 0.5) is 5.69 Å². The van der Waals surface area contributed by atoms with Gasteiger partial charge in [-0.1, -0.05) is 72.8 Å². The molecule has 4 heteroatoms. The van der Waals surface area contributed by atoms with E-state index in [1.165, 1.54) is 0 Å². The maximum absolute atomic E-state index is 12.9. The van der Waals surface area contributed by atoms with Gasteiger partial charge in [0.05, 0.1) is 5.71 Å². The van der Waals surface area contributed by atoms with E-state index in [2.05, 4.69) is 10.2 Å². The number of carbonyl (C=O) groups is 1. The Morgan fingerprint density at radius 2 is 1.31 bits per heavy atom. The second-order valence-corrected chi connectivity index (χ2v) is 5.82. The van der Waals surface area contributed by atoms with Crippen LogP contribution in [0.1, 0.15) is 28.4 Å². The Balaban J connectivity index is 2.02. The summed E-state index contributed by atoms with van der Waals surface area (Å²) in [7, 11) is 0. The van der Waals surface area contributed by atoms with Crippen LogP contribution in [-0.2, 0) is 0 Å². The van der Waals surface area contributed by atoms with Crippen molar-refractivity contribution in [1.29, 1.82) is 0 Å². The lowest BCUT2D eigenvalue weighted by atomic mass is 10.0. The van der Waals surface area contributed by atoms with Crippen LogP contribution in [0.3, 0.4) is 0 Å². The molecule has 0 fully saturated rings. The lowest BCUT2D eigenvalue weighted by Crippen LogP contribution is -2.15. The van der Waals surface area contributed by atoms with Gasteiger partial charge in [-0.3, -0.25) is 4.79 Å². The third kappa shape index (κ3) is 4.11. The van der Waals surface area contributed by atoms with Crippen molar-refractivity contribution in [2.45, 2.75) is 6.92 Å². The average molecular weight is 341 g/mol. The molecule has 2 N–H and O–H groups in total. The van der Waals surface area contributed by atoms with Gasteiger partial charge in [0.1, 0.15) is 5.71 Å². The molecule has 0 heterocycles. The fourth-order valence-corrected chi connectivity index (χ4v) is 2.50. The monoisotopic (exact) mass is 341 g/mol. The van der Waals surface area contributed by atoms with E-state index >= 15 is 0 Å². The second-order valence-electron chi connectivity index (χ2n) is 5.82. The first-order valence-electron chi connectivity index (χ1n) is 8.28. The topological polar surface area (TPSA) is 67.8 Å². The Labute approximate surface area is 152 Å². The van der Waals surface area contributed by atoms with Crippen LogP contribution >= 0.6 is 0 Å². The van der Waals surface area contributed by atoms with E-state index in [0.717, 1.165) is 11.1 Å². The van der Waals surface area contributed by atoms with E-state index < -0.39 is 0 Å². The average Bonchev–Trinajstić information content (AvgIpc) is 2.69. The number of benzene rings is 3.